The third kappa shape index (κ3) is 16.2. The third-order valence-corrected chi connectivity index (χ3v) is 8.25. The van der Waals surface area contributed by atoms with Crippen LogP contribution >= 0.6 is 0 Å². The number of unbranched alkanes of at least 4 members (excludes halogenated alkanes) is 4. The molecule has 0 aromatic heterocycles. The fraction of sp³-hybridized carbons (Fsp3) is 0.463. The molecule has 0 spiro atoms. The fourth-order valence-electron chi connectivity index (χ4n) is 5.55. The summed E-state index contributed by atoms with van der Waals surface area (Å²) in [6, 6.07) is 22.0. The van der Waals surface area contributed by atoms with Crippen molar-refractivity contribution in [3.8, 4) is 5.75 Å². The molecular formula is C41H52N2O10. The maximum absolute atomic E-state index is 13.4. The Morgan fingerprint density at radius 2 is 1.11 bits per heavy atom. The van der Waals surface area contributed by atoms with Gasteiger partial charge in [-0.1, -0.05) is 99.3 Å². The van der Waals surface area contributed by atoms with Gasteiger partial charge in [-0.2, -0.15) is 0 Å². The van der Waals surface area contributed by atoms with Crippen LogP contribution in [0.2, 0.25) is 0 Å². The number of cyclic esters (lactones) is 2. The Bertz CT molecular complexity index is 1450. The van der Waals surface area contributed by atoms with E-state index in [1.165, 1.54) is 0 Å². The van der Waals surface area contributed by atoms with Gasteiger partial charge in [0.2, 0.25) is 11.8 Å². The Kier molecular flexibility index (Phi) is 18.3. The normalized spacial score (nSPS) is 17.9. The first-order chi connectivity index (χ1) is 25.9. The molecule has 1 aliphatic rings. The Labute approximate surface area is 311 Å². The lowest BCUT2D eigenvalue weighted by Crippen LogP contribution is -2.46. The van der Waals surface area contributed by atoms with Crippen LogP contribution in [-0.4, -0.2) is 82.1 Å². The zero-order valence-electron chi connectivity index (χ0n) is 30.6. The average Bonchev–Trinajstić information content (AvgIpc) is 3.15. The summed E-state index contributed by atoms with van der Waals surface area (Å²) < 4.78 is 34.0. The van der Waals surface area contributed by atoms with Crippen molar-refractivity contribution in [1.82, 2.24) is 10.6 Å². The number of amides is 2. The van der Waals surface area contributed by atoms with Gasteiger partial charge in [-0.15, -0.1) is 0 Å². The smallest absolute Gasteiger partial charge is 0.331 e. The van der Waals surface area contributed by atoms with E-state index in [9.17, 15) is 19.2 Å². The van der Waals surface area contributed by atoms with Gasteiger partial charge in [0.25, 0.3) is 0 Å². The van der Waals surface area contributed by atoms with E-state index in [0.717, 1.165) is 43.2 Å². The largest absolute Gasteiger partial charge is 0.494 e. The third-order valence-electron chi connectivity index (χ3n) is 8.25. The Balaban J connectivity index is 1.49. The molecule has 3 aromatic carbocycles. The number of carbonyl (C=O) groups excluding carboxylic acids is 4. The molecule has 1 heterocycles. The quantitative estimate of drug-likeness (QED) is 0.167. The summed E-state index contributed by atoms with van der Waals surface area (Å²) in [5, 5.41) is 5.51. The van der Waals surface area contributed by atoms with Crippen LogP contribution < -0.4 is 15.4 Å². The Hall–Kier alpha value is -4.78. The van der Waals surface area contributed by atoms with Crippen LogP contribution in [0.3, 0.4) is 0 Å². The van der Waals surface area contributed by atoms with E-state index in [4.69, 9.17) is 28.4 Å². The SMILES string of the molecule is CCCCCCCOc1cc2cc(c1)CC(=O)N[C@H](COCc1ccccc1)C(=O)OCCOCCOC(=O)[C@H](COCc1ccccc1)NC(=O)C2. The summed E-state index contributed by atoms with van der Waals surface area (Å²) in [6.07, 6.45) is 5.12. The van der Waals surface area contributed by atoms with Crippen molar-refractivity contribution in [1.29, 1.82) is 0 Å². The van der Waals surface area contributed by atoms with E-state index >= 15 is 0 Å². The summed E-state index contributed by atoms with van der Waals surface area (Å²) in [4.78, 5) is 53.0. The van der Waals surface area contributed by atoms with Crippen molar-refractivity contribution >= 4 is 23.8 Å². The highest BCUT2D eigenvalue weighted by Crippen LogP contribution is 2.20. The minimum absolute atomic E-state index is 0.0311. The molecule has 2 amide bonds. The van der Waals surface area contributed by atoms with E-state index in [1.807, 2.05) is 60.7 Å². The molecule has 2 N–H and O–H groups in total. The van der Waals surface area contributed by atoms with Crippen molar-refractivity contribution < 1.29 is 47.6 Å². The monoisotopic (exact) mass is 732 g/mol. The lowest BCUT2D eigenvalue weighted by molar-refractivity contribution is -0.153. The first kappa shape index (κ1) is 41.0. The molecule has 4 rings (SSSR count). The van der Waals surface area contributed by atoms with Gasteiger partial charge in [-0.05, 0) is 40.8 Å². The van der Waals surface area contributed by atoms with Gasteiger partial charge >= 0.3 is 11.9 Å². The average molecular weight is 733 g/mol. The molecule has 3 aromatic rings. The van der Waals surface area contributed by atoms with Gasteiger partial charge in [0.05, 0.1) is 59.1 Å². The molecule has 53 heavy (non-hydrogen) atoms. The summed E-state index contributed by atoms with van der Waals surface area (Å²) in [7, 11) is 0. The molecule has 0 unspecified atom stereocenters. The standard InChI is InChI=1S/C41H52N2O10/c1-2-3-4-5-12-17-51-35-23-33-22-34(24-35)26-39(45)43-37(30-50-28-32-15-10-7-11-16-32)41(47)53-21-19-48-18-20-52-40(46)36(42-38(44)25-33)29-49-27-31-13-8-6-9-14-31/h6-11,13-16,22-24,36-37H,2-5,12,17-21,25-30H2,1H3,(H,42,44)(H,43,45)/t36-,37+. The van der Waals surface area contributed by atoms with Gasteiger partial charge in [0.1, 0.15) is 19.0 Å². The Morgan fingerprint density at radius 1 is 0.623 bits per heavy atom. The minimum atomic E-state index is -1.08. The maximum Gasteiger partial charge on any atom is 0.331 e. The number of esters is 2. The molecule has 0 radical (unpaired) electrons. The summed E-state index contributed by atoms with van der Waals surface area (Å²) in [6.45, 7) is 2.78. The molecule has 286 valence electrons. The molecule has 0 saturated carbocycles. The number of carbonyl (C=O) groups is 4. The minimum Gasteiger partial charge on any atom is -0.494 e. The predicted octanol–water partition coefficient (Wildman–Crippen LogP) is 4.64. The number of fused-ring (bicyclic) bond motifs is 2. The maximum atomic E-state index is 13.4. The number of benzene rings is 3. The van der Waals surface area contributed by atoms with E-state index < -0.39 is 35.8 Å². The predicted molar refractivity (Wildman–Crippen MR) is 197 cm³/mol. The van der Waals surface area contributed by atoms with E-state index in [1.54, 1.807) is 18.2 Å². The van der Waals surface area contributed by atoms with E-state index in [-0.39, 0.29) is 65.7 Å². The molecular weight excluding hydrogens is 680 g/mol. The first-order valence-electron chi connectivity index (χ1n) is 18.4. The second-order valence-corrected chi connectivity index (χ2v) is 12.8. The van der Waals surface area contributed by atoms with Crippen molar-refractivity contribution in [2.24, 2.45) is 0 Å². The van der Waals surface area contributed by atoms with Crippen LogP contribution in [0.1, 0.15) is 61.3 Å². The van der Waals surface area contributed by atoms with Gasteiger partial charge < -0.3 is 39.1 Å². The lowest BCUT2D eigenvalue weighted by Gasteiger charge is -2.20. The van der Waals surface area contributed by atoms with Gasteiger partial charge in [0.15, 0.2) is 12.1 Å². The number of nitrogens with one attached hydrogen (secondary N) is 2. The molecule has 0 saturated heterocycles. The summed E-state index contributed by atoms with van der Waals surface area (Å²) >= 11 is 0. The number of ether oxygens (including phenoxy) is 6. The van der Waals surface area contributed by atoms with Crippen LogP contribution in [0.25, 0.3) is 0 Å². The molecule has 0 aliphatic carbocycles. The van der Waals surface area contributed by atoms with Crippen molar-refractivity contribution in [2.45, 2.75) is 77.2 Å². The van der Waals surface area contributed by atoms with Crippen LogP contribution in [0, 0.1) is 0 Å². The molecule has 0 fully saturated rings. The zero-order chi connectivity index (χ0) is 37.5. The number of hydrogen-bond donors (Lipinski definition) is 2. The highest BCUT2D eigenvalue weighted by Gasteiger charge is 2.25. The van der Waals surface area contributed by atoms with Crippen LogP contribution in [0.4, 0.5) is 0 Å². The van der Waals surface area contributed by atoms with Gasteiger partial charge in [-0.25, -0.2) is 9.59 Å². The lowest BCUT2D eigenvalue weighted by atomic mass is 10.0. The van der Waals surface area contributed by atoms with E-state index in [0.29, 0.717) is 23.5 Å². The second kappa shape index (κ2) is 23.7. The van der Waals surface area contributed by atoms with Crippen LogP contribution in [-0.2, 0) is 68.9 Å². The highest BCUT2D eigenvalue weighted by atomic mass is 16.6. The Morgan fingerprint density at radius 3 is 1.60 bits per heavy atom. The van der Waals surface area contributed by atoms with Crippen LogP contribution in [0.15, 0.2) is 78.9 Å². The molecule has 2 atom stereocenters. The topological polar surface area (TPSA) is 148 Å². The second-order valence-electron chi connectivity index (χ2n) is 12.8. The fourth-order valence-corrected chi connectivity index (χ4v) is 5.55. The first-order valence-corrected chi connectivity index (χ1v) is 18.4. The summed E-state index contributed by atoms with van der Waals surface area (Å²) in [5.41, 5.74) is 2.99. The molecule has 2 bridgehead atoms. The number of hydrogen-bond acceptors (Lipinski definition) is 10. The van der Waals surface area contributed by atoms with Crippen molar-refractivity contribution in [3.05, 3.63) is 101 Å². The van der Waals surface area contributed by atoms with Crippen molar-refractivity contribution in [2.75, 3.05) is 46.2 Å². The molecule has 12 heteroatoms. The van der Waals surface area contributed by atoms with Crippen molar-refractivity contribution in [3.63, 3.8) is 0 Å². The van der Waals surface area contributed by atoms with Gasteiger partial charge in [0, 0.05) is 0 Å². The molecule has 1 aliphatic heterocycles. The van der Waals surface area contributed by atoms with Gasteiger partial charge in [-0.3, -0.25) is 9.59 Å². The highest BCUT2D eigenvalue weighted by molar-refractivity contribution is 5.87. The zero-order valence-corrected chi connectivity index (χ0v) is 30.6. The molecule has 12 nitrogen and oxygen atoms in total. The van der Waals surface area contributed by atoms with Crippen LogP contribution in [0.5, 0.6) is 5.75 Å². The summed E-state index contributed by atoms with van der Waals surface area (Å²) in [5.74, 6) is -1.71. The van der Waals surface area contributed by atoms with E-state index in [2.05, 4.69) is 17.6 Å². The number of rotatable bonds is 15.